The van der Waals surface area contributed by atoms with Crippen LogP contribution >= 0.6 is 22.9 Å². The van der Waals surface area contributed by atoms with Crippen LogP contribution in [-0.2, 0) is 9.47 Å². The Morgan fingerprint density at radius 2 is 2.50 bits per heavy atom. The number of nitrogens with zero attached hydrogens (tertiary/aromatic N) is 1. The van der Waals surface area contributed by atoms with E-state index in [9.17, 15) is 0 Å². The third-order valence-electron chi connectivity index (χ3n) is 1.89. The first kappa shape index (κ1) is 9.94. The van der Waals surface area contributed by atoms with E-state index in [1.165, 1.54) is 11.3 Å². The molecule has 74 valence electrons. The monoisotopic (exact) mass is 229 g/mol. The van der Waals surface area contributed by atoms with Gasteiger partial charge >= 0.3 is 0 Å². The van der Waals surface area contributed by atoms with Gasteiger partial charge in [-0.3, -0.25) is 0 Å². The Balaban J connectivity index is 1.99. The molecule has 1 fully saturated rings. The summed E-state index contributed by atoms with van der Waals surface area (Å²) in [6.07, 6.45) is -0.0768. The zero-order chi connectivity index (χ0) is 9.97. The van der Waals surface area contributed by atoms with Gasteiger partial charge in [0, 0.05) is 0 Å². The summed E-state index contributed by atoms with van der Waals surface area (Å²) in [4.78, 5) is 0.954. The van der Waals surface area contributed by atoms with Crippen molar-refractivity contribution in [3.63, 3.8) is 0 Å². The molecule has 2 rings (SSSR count). The lowest BCUT2D eigenvalue weighted by Gasteiger charge is -2.06. The Bertz CT molecular complexity index is 360. The molecule has 0 saturated carbocycles. The van der Waals surface area contributed by atoms with Gasteiger partial charge in [-0.15, -0.1) is 11.3 Å². The fourth-order valence-electron chi connectivity index (χ4n) is 1.26. The molecule has 0 aromatic carbocycles. The minimum absolute atomic E-state index is 0.106. The predicted octanol–water partition coefficient (Wildman–Crippen LogP) is 2.73. The fourth-order valence-corrected chi connectivity index (χ4v) is 2.31. The molecule has 2 unspecified atom stereocenters. The van der Waals surface area contributed by atoms with Gasteiger partial charge in [-0.25, -0.2) is 0 Å². The molecule has 1 saturated heterocycles. The first-order valence-corrected chi connectivity index (χ1v) is 5.38. The number of thiophene rings is 1. The van der Waals surface area contributed by atoms with Gasteiger partial charge in [0.2, 0.25) is 0 Å². The molecule has 0 aliphatic carbocycles. The van der Waals surface area contributed by atoms with Crippen molar-refractivity contribution in [2.75, 3.05) is 6.61 Å². The Morgan fingerprint density at radius 1 is 1.64 bits per heavy atom. The van der Waals surface area contributed by atoms with E-state index in [4.69, 9.17) is 26.3 Å². The first-order valence-electron chi connectivity index (χ1n) is 4.19. The molecule has 0 N–H and O–H groups in total. The minimum atomic E-state index is -0.342. The summed E-state index contributed by atoms with van der Waals surface area (Å²) in [7, 11) is 0. The molecule has 5 heteroatoms. The molecule has 3 nitrogen and oxygen atoms in total. The summed E-state index contributed by atoms with van der Waals surface area (Å²) in [6, 6.07) is 5.75. The Labute approximate surface area is 90.8 Å². The lowest BCUT2D eigenvalue weighted by atomic mass is 10.3. The van der Waals surface area contributed by atoms with Crippen molar-refractivity contribution in [3.8, 4) is 6.07 Å². The normalized spacial score (nSPS) is 26.3. The average molecular weight is 230 g/mol. The zero-order valence-electron chi connectivity index (χ0n) is 7.27. The van der Waals surface area contributed by atoms with Crippen LogP contribution in [0.2, 0.25) is 4.34 Å². The van der Waals surface area contributed by atoms with Crippen LogP contribution in [0.15, 0.2) is 12.1 Å². The second-order valence-electron chi connectivity index (χ2n) is 2.93. The number of hydrogen-bond donors (Lipinski definition) is 0. The fraction of sp³-hybridized carbons (Fsp3) is 0.444. The molecular formula is C9H8ClNO2S. The summed E-state index contributed by atoms with van der Waals surface area (Å²) in [5.41, 5.74) is 0. The van der Waals surface area contributed by atoms with Crippen LogP contribution < -0.4 is 0 Å². The van der Waals surface area contributed by atoms with Gasteiger partial charge in [-0.05, 0) is 12.1 Å². The molecule has 14 heavy (non-hydrogen) atoms. The third kappa shape index (κ3) is 2.07. The smallest absolute Gasteiger partial charge is 0.193 e. The molecule has 1 aromatic heterocycles. The molecular weight excluding hydrogens is 222 g/mol. The maximum absolute atomic E-state index is 8.48. The molecule has 0 radical (unpaired) electrons. The average Bonchev–Trinajstić information content (AvgIpc) is 2.74. The van der Waals surface area contributed by atoms with Gasteiger partial charge < -0.3 is 9.47 Å². The van der Waals surface area contributed by atoms with Gasteiger partial charge in [0.25, 0.3) is 0 Å². The van der Waals surface area contributed by atoms with Gasteiger partial charge in [-0.2, -0.15) is 5.26 Å². The van der Waals surface area contributed by atoms with E-state index < -0.39 is 0 Å². The van der Waals surface area contributed by atoms with Crippen LogP contribution in [0.3, 0.4) is 0 Å². The largest absolute Gasteiger partial charge is 0.345 e. The number of ether oxygens (including phenoxy) is 2. The lowest BCUT2D eigenvalue weighted by Crippen LogP contribution is -2.07. The quantitative estimate of drug-likeness (QED) is 0.783. The summed E-state index contributed by atoms with van der Waals surface area (Å²) in [5.74, 6) is 0. The maximum atomic E-state index is 8.48. The zero-order valence-corrected chi connectivity index (χ0v) is 8.85. The van der Waals surface area contributed by atoms with E-state index in [0.717, 1.165) is 9.21 Å². The number of nitriles is 1. The van der Waals surface area contributed by atoms with Crippen molar-refractivity contribution < 1.29 is 9.47 Å². The van der Waals surface area contributed by atoms with Crippen LogP contribution in [0.5, 0.6) is 0 Å². The molecule has 0 amide bonds. The van der Waals surface area contributed by atoms with Crippen LogP contribution in [-0.4, -0.2) is 12.7 Å². The van der Waals surface area contributed by atoms with E-state index in [0.29, 0.717) is 13.0 Å². The molecule has 1 aromatic rings. The second-order valence-corrected chi connectivity index (χ2v) is 4.67. The lowest BCUT2D eigenvalue weighted by molar-refractivity contribution is -0.0566. The summed E-state index contributed by atoms with van der Waals surface area (Å²) in [5, 5.41) is 8.48. The van der Waals surface area contributed by atoms with Crippen molar-refractivity contribution in [1.82, 2.24) is 0 Å². The predicted molar refractivity (Wildman–Crippen MR) is 53.1 cm³/mol. The molecule has 2 atom stereocenters. The molecule has 1 aliphatic heterocycles. The van der Waals surface area contributed by atoms with Crippen molar-refractivity contribution in [3.05, 3.63) is 21.3 Å². The van der Waals surface area contributed by atoms with Crippen molar-refractivity contribution in [2.45, 2.75) is 18.8 Å². The van der Waals surface area contributed by atoms with Crippen LogP contribution in [0.1, 0.15) is 17.6 Å². The highest BCUT2D eigenvalue weighted by atomic mass is 35.5. The number of rotatable bonds is 2. The van der Waals surface area contributed by atoms with E-state index in [2.05, 4.69) is 6.07 Å². The van der Waals surface area contributed by atoms with E-state index >= 15 is 0 Å². The number of hydrogen-bond acceptors (Lipinski definition) is 4. The van der Waals surface area contributed by atoms with Crippen LogP contribution in [0.4, 0.5) is 0 Å². The summed E-state index contributed by atoms with van der Waals surface area (Å²) >= 11 is 7.23. The SMILES string of the molecule is N#CCC1COC(c2ccc(Cl)s2)O1. The van der Waals surface area contributed by atoms with Crippen molar-refractivity contribution >= 4 is 22.9 Å². The van der Waals surface area contributed by atoms with E-state index in [1.54, 1.807) is 0 Å². The summed E-state index contributed by atoms with van der Waals surface area (Å²) < 4.78 is 11.6. The molecule has 0 bridgehead atoms. The number of halogens is 1. The topological polar surface area (TPSA) is 42.2 Å². The van der Waals surface area contributed by atoms with Gasteiger partial charge in [-0.1, -0.05) is 11.6 Å². The molecule has 2 heterocycles. The highest BCUT2D eigenvalue weighted by Crippen LogP contribution is 2.34. The van der Waals surface area contributed by atoms with Crippen LogP contribution in [0.25, 0.3) is 0 Å². The Morgan fingerprint density at radius 3 is 3.14 bits per heavy atom. The summed E-state index contributed by atoms with van der Waals surface area (Å²) in [6.45, 7) is 0.480. The van der Waals surface area contributed by atoms with E-state index in [-0.39, 0.29) is 12.4 Å². The Hall–Kier alpha value is -0.600. The van der Waals surface area contributed by atoms with Crippen molar-refractivity contribution in [2.24, 2.45) is 0 Å². The van der Waals surface area contributed by atoms with Crippen molar-refractivity contribution in [1.29, 1.82) is 5.26 Å². The molecule has 0 spiro atoms. The maximum Gasteiger partial charge on any atom is 0.193 e. The molecule has 1 aliphatic rings. The second kappa shape index (κ2) is 4.28. The highest BCUT2D eigenvalue weighted by molar-refractivity contribution is 7.16. The Kier molecular flexibility index (Phi) is 3.04. The van der Waals surface area contributed by atoms with Crippen LogP contribution in [0, 0.1) is 11.3 Å². The minimum Gasteiger partial charge on any atom is -0.345 e. The third-order valence-corrected chi connectivity index (χ3v) is 3.15. The van der Waals surface area contributed by atoms with Gasteiger partial charge in [0.15, 0.2) is 6.29 Å². The van der Waals surface area contributed by atoms with E-state index in [1.807, 2.05) is 12.1 Å². The highest BCUT2D eigenvalue weighted by Gasteiger charge is 2.27. The van der Waals surface area contributed by atoms with Gasteiger partial charge in [0.05, 0.1) is 34.4 Å². The van der Waals surface area contributed by atoms with Gasteiger partial charge in [0.1, 0.15) is 0 Å². The standard InChI is InChI=1S/C9H8ClNO2S/c10-8-2-1-7(14-8)9-12-5-6(13-9)3-4-11/h1-2,6,9H,3,5H2. The first-order chi connectivity index (χ1) is 6.79.